The summed E-state index contributed by atoms with van der Waals surface area (Å²) in [5, 5.41) is 4.42. The van der Waals surface area contributed by atoms with Gasteiger partial charge in [-0.25, -0.2) is 0 Å². The number of rotatable bonds is 3. The first-order valence-electron chi connectivity index (χ1n) is 8.30. The van der Waals surface area contributed by atoms with Crippen LogP contribution in [0.3, 0.4) is 0 Å². The number of piperazine rings is 1. The van der Waals surface area contributed by atoms with Gasteiger partial charge in [0.2, 0.25) is 0 Å². The Kier molecular flexibility index (Phi) is 5.81. The Balaban J connectivity index is 1.52. The topological polar surface area (TPSA) is 35.6 Å². The van der Waals surface area contributed by atoms with Crippen molar-refractivity contribution in [2.45, 2.75) is 12.8 Å². The first-order chi connectivity index (χ1) is 11.1. The normalized spacial score (nSPS) is 20.7. The fourth-order valence-corrected chi connectivity index (χ4v) is 3.95. The molecule has 0 saturated carbocycles. The number of hydrogen-bond acceptors (Lipinski definition) is 3. The minimum atomic E-state index is 0.0240. The predicted octanol–water partition coefficient (Wildman–Crippen LogP) is 2.75. The van der Waals surface area contributed by atoms with Gasteiger partial charge < -0.3 is 10.2 Å². The van der Waals surface area contributed by atoms with Crippen LogP contribution < -0.4 is 5.32 Å². The lowest BCUT2D eigenvalue weighted by molar-refractivity contribution is 0.0608. The van der Waals surface area contributed by atoms with Gasteiger partial charge in [-0.2, -0.15) is 0 Å². The van der Waals surface area contributed by atoms with E-state index in [9.17, 15) is 4.79 Å². The molecule has 2 aliphatic rings. The molecule has 1 aromatic rings. The molecule has 2 saturated heterocycles. The maximum absolute atomic E-state index is 12.6. The number of halogens is 2. The molecule has 1 N–H and O–H groups in total. The number of carbonyl (C=O) groups is 1. The van der Waals surface area contributed by atoms with Crippen LogP contribution in [0, 0.1) is 5.92 Å². The van der Waals surface area contributed by atoms with Crippen LogP contribution in [-0.4, -0.2) is 61.5 Å². The summed E-state index contributed by atoms with van der Waals surface area (Å²) in [6, 6.07) is 5.03. The highest BCUT2D eigenvalue weighted by Gasteiger charge is 2.24. The van der Waals surface area contributed by atoms with Crippen LogP contribution >= 0.6 is 23.2 Å². The molecule has 0 aromatic heterocycles. The minimum Gasteiger partial charge on any atom is -0.336 e. The predicted molar refractivity (Wildman–Crippen MR) is 94.4 cm³/mol. The van der Waals surface area contributed by atoms with Gasteiger partial charge in [-0.3, -0.25) is 9.69 Å². The summed E-state index contributed by atoms with van der Waals surface area (Å²) in [5.74, 6) is 0.821. The van der Waals surface area contributed by atoms with Gasteiger partial charge >= 0.3 is 0 Å². The van der Waals surface area contributed by atoms with Gasteiger partial charge in [-0.15, -0.1) is 0 Å². The highest BCUT2D eigenvalue weighted by molar-refractivity contribution is 6.35. The molecule has 2 aliphatic heterocycles. The molecule has 0 spiro atoms. The van der Waals surface area contributed by atoms with Crippen molar-refractivity contribution in [1.82, 2.24) is 15.1 Å². The lowest BCUT2D eigenvalue weighted by atomic mass is 9.97. The van der Waals surface area contributed by atoms with Gasteiger partial charge in [0.1, 0.15) is 0 Å². The number of piperidine rings is 1. The fourth-order valence-electron chi connectivity index (χ4n) is 3.42. The van der Waals surface area contributed by atoms with Crippen LogP contribution in [0.4, 0.5) is 0 Å². The summed E-state index contributed by atoms with van der Waals surface area (Å²) in [4.78, 5) is 17.0. The van der Waals surface area contributed by atoms with Crippen molar-refractivity contribution < 1.29 is 4.79 Å². The zero-order valence-electron chi connectivity index (χ0n) is 13.2. The summed E-state index contributed by atoms with van der Waals surface area (Å²) in [5.41, 5.74) is 0.578. The number of benzene rings is 1. The Morgan fingerprint density at radius 1 is 1.04 bits per heavy atom. The molecule has 0 aliphatic carbocycles. The maximum Gasteiger partial charge on any atom is 0.254 e. The molecule has 23 heavy (non-hydrogen) atoms. The Hall–Kier alpha value is -0.810. The van der Waals surface area contributed by atoms with E-state index in [2.05, 4.69) is 10.2 Å². The number of nitrogens with one attached hydrogen (secondary N) is 1. The Morgan fingerprint density at radius 3 is 2.26 bits per heavy atom. The van der Waals surface area contributed by atoms with Crippen molar-refractivity contribution in [3.05, 3.63) is 33.8 Å². The molecule has 3 rings (SSSR count). The van der Waals surface area contributed by atoms with E-state index in [-0.39, 0.29) is 5.91 Å². The van der Waals surface area contributed by atoms with Crippen molar-refractivity contribution in [3.63, 3.8) is 0 Å². The van der Waals surface area contributed by atoms with Crippen LogP contribution in [0.5, 0.6) is 0 Å². The standard InChI is InChI=1S/C17H23Cl2N3O/c18-15-9-14(10-16(19)11-15)17(23)22-7-5-21(6-8-22)12-13-1-3-20-4-2-13/h9-11,13,20H,1-8,12H2. The summed E-state index contributed by atoms with van der Waals surface area (Å²) >= 11 is 12.0. The van der Waals surface area contributed by atoms with Crippen molar-refractivity contribution in [2.24, 2.45) is 5.92 Å². The molecule has 0 radical (unpaired) electrons. The van der Waals surface area contributed by atoms with E-state index in [0.717, 1.165) is 51.7 Å². The molecular formula is C17H23Cl2N3O. The van der Waals surface area contributed by atoms with Crippen LogP contribution in [0.25, 0.3) is 0 Å². The van der Waals surface area contributed by atoms with Gasteiger partial charge in [0, 0.05) is 48.3 Å². The second-order valence-electron chi connectivity index (χ2n) is 6.44. The smallest absolute Gasteiger partial charge is 0.254 e. The van der Waals surface area contributed by atoms with Gasteiger partial charge in [0.25, 0.3) is 5.91 Å². The lowest BCUT2D eigenvalue weighted by Gasteiger charge is -2.37. The maximum atomic E-state index is 12.6. The zero-order valence-corrected chi connectivity index (χ0v) is 14.7. The van der Waals surface area contributed by atoms with Crippen molar-refractivity contribution >= 4 is 29.1 Å². The zero-order chi connectivity index (χ0) is 16.2. The Labute approximate surface area is 147 Å². The third-order valence-electron chi connectivity index (χ3n) is 4.74. The van der Waals surface area contributed by atoms with Crippen molar-refractivity contribution in [3.8, 4) is 0 Å². The SMILES string of the molecule is O=C(c1cc(Cl)cc(Cl)c1)N1CCN(CC2CCNCC2)CC1. The summed E-state index contributed by atoms with van der Waals surface area (Å²) in [7, 11) is 0. The minimum absolute atomic E-state index is 0.0240. The number of nitrogens with zero attached hydrogens (tertiary/aromatic N) is 2. The molecule has 126 valence electrons. The van der Waals surface area contributed by atoms with E-state index >= 15 is 0 Å². The van der Waals surface area contributed by atoms with E-state index in [1.165, 1.54) is 12.8 Å². The van der Waals surface area contributed by atoms with E-state index < -0.39 is 0 Å². The van der Waals surface area contributed by atoms with E-state index in [4.69, 9.17) is 23.2 Å². The molecule has 6 heteroatoms. The third-order valence-corrected chi connectivity index (χ3v) is 5.18. The average Bonchev–Trinajstić information content (AvgIpc) is 2.55. The second kappa shape index (κ2) is 7.84. The second-order valence-corrected chi connectivity index (χ2v) is 7.32. The van der Waals surface area contributed by atoms with E-state index in [1.807, 2.05) is 4.90 Å². The number of carbonyl (C=O) groups excluding carboxylic acids is 1. The molecule has 0 atom stereocenters. The molecule has 2 fully saturated rings. The van der Waals surface area contributed by atoms with Gasteiger partial charge in [-0.05, 0) is 50.0 Å². The largest absolute Gasteiger partial charge is 0.336 e. The first-order valence-corrected chi connectivity index (χ1v) is 9.06. The van der Waals surface area contributed by atoms with Crippen molar-refractivity contribution in [2.75, 3.05) is 45.8 Å². The molecule has 0 bridgehead atoms. The molecule has 4 nitrogen and oxygen atoms in total. The van der Waals surface area contributed by atoms with E-state index in [0.29, 0.717) is 15.6 Å². The monoisotopic (exact) mass is 355 g/mol. The third kappa shape index (κ3) is 4.60. The number of amides is 1. The fraction of sp³-hybridized carbons (Fsp3) is 0.588. The van der Waals surface area contributed by atoms with E-state index in [1.54, 1.807) is 18.2 Å². The molecule has 1 aromatic carbocycles. The quantitative estimate of drug-likeness (QED) is 0.905. The summed E-state index contributed by atoms with van der Waals surface area (Å²) in [6.07, 6.45) is 2.53. The highest BCUT2D eigenvalue weighted by Crippen LogP contribution is 2.21. The molecule has 2 heterocycles. The Bertz CT molecular complexity index is 533. The molecule has 0 unspecified atom stereocenters. The van der Waals surface area contributed by atoms with Gasteiger partial charge in [0.05, 0.1) is 0 Å². The van der Waals surface area contributed by atoms with Crippen LogP contribution in [-0.2, 0) is 0 Å². The first kappa shape index (κ1) is 17.0. The Morgan fingerprint density at radius 2 is 1.65 bits per heavy atom. The lowest BCUT2D eigenvalue weighted by Crippen LogP contribution is -2.50. The average molecular weight is 356 g/mol. The van der Waals surface area contributed by atoms with Crippen molar-refractivity contribution in [1.29, 1.82) is 0 Å². The summed E-state index contributed by atoms with van der Waals surface area (Å²) in [6.45, 7) is 6.87. The molecule has 1 amide bonds. The highest BCUT2D eigenvalue weighted by atomic mass is 35.5. The van der Waals surface area contributed by atoms with Crippen LogP contribution in [0.1, 0.15) is 23.2 Å². The summed E-state index contributed by atoms with van der Waals surface area (Å²) < 4.78 is 0. The molecular weight excluding hydrogens is 333 g/mol. The van der Waals surface area contributed by atoms with Crippen LogP contribution in [0.15, 0.2) is 18.2 Å². The van der Waals surface area contributed by atoms with Crippen LogP contribution in [0.2, 0.25) is 10.0 Å². The number of hydrogen-bond donors (Lipinski definition) is 1. The van der Waals surface area contributed by atoms with Gasteiger partial charge in [-0.1, -0.05) is 23.2 Å². The van der Waals surface area contributed by atoms with Gasteiger partial charge in [0.15, 0.2) is 0 Å².